The fourth-order valence-electron chi connectivity index (χ4n) is 2.37. The van der Waals surface area contributed by atoms with Crippen LogP contribution in [0.25, 0.3) is 22.5 Å². The van der Waals surface area contributed by atoms with Gasteiger partial charge in [-0.2, -0.15) is 0 Å². The van der Waals surface area contributed by atoms with Crippen LogP contribution in [-0.2, 0) is 5.41 Å². The Balaban J connectivity index is 2.19. The molecule has 1 aromatic heterocycles. The third-order valence-electron chi connectivity index (χ3n) is 3.62. The summed E-state index contributed by atoms with van der Waals surface area (Å²) in [5, 5.41) is 9.50. The number of aromatic hydroxyl groups is 1. The zero-order valence-electron chi connectivity index (χ0n) is 13.1. The van der Waals surface area contributed by atoms with Crippen molar-refractivity contribution in [3.05, 3.63) is 60.4 Å². The summed E-state index contributed by atoms with van der Waals surface area (Å²) in [4.78, 5) is 8.30. The first-order valence-corrected chi connectivity index (χ1v) is 7.40. The summed E-state index contributed by atoms with van der Waals surface area (Å²) < 4.78 is 0. The van der Waals surface area contributed by atoms with E-state index in [2.05, 4.69) is 37.9 Å². The van der Waals surface area contributed by atoms with Gasteiger partial charge in [0, 0.05) is 16.5 Å². The van der Waals surface area contributed by atoms with E-state index in [-0.39, 0.29) is 11.2 Å². The lowest BCUT2D eigenvalue weighted by Crippen LogP contribution is -2.13. The smallest absolute Gasteiger partial charge is 0.115 e. The van der Waals surface area contributed by atoms with Gasteiger partial charge in [0.25, 0.3) is 0 Å². The van der Waals surface area contributed by atoms with Crippen molar-refractivity contribution in [2.45, 2.75) is 26.2 Å². The van der Waals surface area contributed by atoms with Crippen molar-refractivity contribution in [3.63, 3.8) is 0 Å². The lowest BCUT2D eigenvalue weighted by molar-refractivity contribution is 0.475. The van der Waals surface area contributed by atoms with Gasteiger partial charge < -0.3 is 10.1 Å². The molecule has 0 atom stereocenters. The lowest BCUT2D eigenvalue weighted by Gasteiger charge is -2.14. The minimum Gasteiger partial charge on any atom is -0.508 e. The highest BCUT2D eigenvalue weighted by atomic mass is 16.3. The molecule has 3 aromatic rings. The second-order valence-electron chi connectivity index (χ2n) is 6.47. The number of nitrogens with zero attached hydrogens (tertiary/aromatic N) is 1. The molecule has 0 bridgehead atoms. The molecule has 3 nitrogen and oxygen atoms in total. The summed E-state index contributed by atoms with van der Waals surface area (Å²) >= 11 is 0. The molecule has 0 saturated carbocycles. The van der Waals surface area contributed by atoms with Crippen LogP contribution < -0.4 is 0 Å². The predicted molar refractivity (Wildman–Crippen MR) is 89.8 cm³/mol. The van der Waals surface area contributed by atoms with Crippen molar-refractivity contribution in [2.75, 3.05) is 0 Å². The average molecular weight is 292 g/mol. The number of aromatic amines is 1. The molecule has 3 rings (SSSR count). The van der Waals surface area contributed by atoms with E-state index in [9.17, 15) is 5.11 Å². The maximum atomic E-state index is 9.50. The zero-order chi connectivity index (χ0) is 15.7. The Morgan fingerprint density at radius 2 is 1.50 bits per heavy atom. The van der Waals surface area contributed by atoms with Crippen molar-refractivity contribution in [3.8, 4) is 28.3 Å². The Hall–Kier alpha value is -2.55. The van der Waals surface area contributed by atoms with Gasteiger partial charge in [-0.05, 0) is 24.3 Å². The molecule has 0 aliphatic carbocycles. The summed E-state index contributed by atoms with van der Waals surface area (Å²) in [6.07, 6.45) is 0. The van der Waals surface area contributed by atoms with Crippen molar-refractivity contribution < 1.29 is 5.11 Å². The van der Waals surface area contributed by atoms with Crippen LogP contribution >= 0.6 is 0 Å². The van der Waals surface area contributed by atoms with Crippen LogP contribution in [0, 0.1) is 0 Å². The van der Waals surface area contributed by atoms with E-state index in [1.165, 1.54) is 0 Å². The molecule has 3 heteroatoms. The Bertz CT molecular complexity index is 765. The average Bonchev–Trinajstić information content (AvgIpc) is 2.94. The molecule has 0 amide bonds. The van der Waals surface area contributed by atoms with E-state index in [1.54, 1.807) is 12.1 Å². The standard InChI is InChI=1S/C19H20N2O/c1-19(2,3)18-20-16(13-7-5-4-6-8-13)17(21-18)14-9-11-15(22)12-10-14/h4-12,22H,1-3H3,(H,20,21). The third-order valence-corrected chi connectivity index (χ3v) is 3.62. The highest BCUT2D eigenvalue weighted by molar-refractivity contribution is 5.78. The second kappa shape index (κ2) is 5.34. The van der Waals surface area contributed by atoms with Crippen LogP contribution in [0.4, 0.5) is 0 Å². The summed E-state index contributed by atoms with van der Waals surface area (Å²) in [7, 11) is 0. The maximum absolute atomic E-state index is 9.50. The number of hydrogen-bond acceptors (Lipinski definition) is 2. The van der Waals surface area contributed by atoms with Crippen molar-refractivity contribution in [2.24, 2.45) is 0 Å². The van der Waals surface area contributed by atoms with Gasteiger partial charge in [-0.15, -0.1) is 0 Å². The topological polar surface area (TPSA) is 48.9 Å². The van der Waals surface area contributed by atoms with Gasteiger partial charge in [0.05, 0.1) is 11.4 Å². The van der Waals surface area contributed by atoms with Gasteiger partial charge >= 0.3 is 0 Å². The monoisotopic (exact) mass is 292 g/mol. The number of phenolic OH excluding ortho intramolecular Hbond substituents is 1. The molecule has 0 aliphatic heterocycles. The van der Waals surface area contributed by atoms with Crippen LogP contribution in [0.5, 0.6) is 5.75 Å². The van der Waals surface area contributed by atoms with E-state index in [0.29, 0.717) is 0 Å². The summed E-state index contributed by atoms with van der Waals surface area (Å²) in [6, 6.07) is 17.4. The highest BCUT2D eigenvalue weighted by Gasteiger charge is 2.22. The van der Waals surface area contributed by atoms with Gasteiger partial charge in [-0.1, -0.05) is 51.1 Å². The van der Waals surface area contributed by atoms with Crippen LogP contribution in [0.2, 0.25) is 0 Å². The summed E-state index contributed by atoms with van der Waals surface area (Å²) in [5.74, 6) is 1.22. The molecule has 1 heterocycles. The molecule has 2 N–H and O–H groups in total. The van der Waals surface area contributed by atoms with Crippen molar-refractivity contribution in [1.82, 2.24) is 9.97 Å². The number of imidazole rings is 1. The second-order valence-corrected chi connectivity index (χ2v) is 6.47. The molecular formula is C19H20N2O. The summed E-state index contributed by atoms with van der Waals surface area (Å²) in [6.45, 7) is 6.42. The predicted octanol–water partition coefficient (Wildman–Crippen LogP) is 4.75. The fraction of sp³-hybridized carbons (Fsp3) is 0.211. The molecule has 2 aromatic carbocycles. The van der Waals surface area contributed by atoms with Gasteiger partial charge in [-0.3, -0.25) is 0 Å². The van der Waals surface area contributed by atoms with Crippen LogP contribution in [0.1, 0.15) is 26.6 Å². The first kappa shape index (κ1) is 14.4. The van der Waals surface area contributed by atoms with E-state index in [4.69, 9.17) is 4.98 Å². The van der Waals surface area contributed by atoms with Gasteiger partial charge in [-0.25, -0.2) is 4.98 Å². The third kappa shape index (κ3) is 2.75. The first-order chi connectivity index (χ1) is 10.4. The van der Waals surface area contributed by atoms with E-state index < -0.39 is 0 Å². The minimum atomic E-state index is -0.0568. The SMILES string of the molecule is CC(C)(C)c1nc(-c2ccccc2)c(-c2ccc(O)cc2)[nH]1. The molecule has 22 heavy (non-hydrogen) atoms. The number of rotatable bonds is 2. The molecule has 0 unspecified atom stereocenters. The van der Waals surface area contributed by atoms with Crippen molar-refractivity contribution in [1.29, 1.82) is 0 Å². The Labute approximate surface area is 130 Å². The Morgan fingerprint density at radius 1 is 0.864 bits per heavy atom. The van der Waals surface area contributed by atoms with Crippen LogP contribution in [-0.4, -0.2) is 15.1 Å². The normalized spacial score (nSPS) is 11.6. The molecule has 0 spiro atoms. The lowest BCUT2D eigenvalue weighted by atomic mass is 9.96. The molecule has 0 saturated heterocycles. The Kier molecular flexibility index (Phi) is 3.49. The van der Waals surface area contributed by atoms with Crippen molar-refractivity contribution >= 4 is 0 Å². The number of H-pyrrole nitrogens is 1. The van der Waals surface area contributed by atoms with E-state index in [0.717, 1.165) is 28.3 Å². The Morgan fingerprint density at radius 3 is 2.09 bits per heavy atom. The quantitative estimate of drug-likeness (QED) is 0.716. The zero-order valence-corrected chi connectivity index (χ0v) is 13.1. The largest absolute Gasteiger partial charge is 0.508 e. The molecular weight excluding hydrogens is 272 g/mol. The molecule has 0 fully saturated rings. The summed E-state index contributed by atoms with van der Waals surface area (Å²) in [5.41, 5.74) is 3.96. The molecule has 112 valence electrons. The van der Waals surface area contributed by atoms with E-state index in [1.807, 2.05) is 30.3 Å². The van der Waals surface area contributed by atoms with E-state index >= 15 is 0 Å². The number of aromatic nitrogens is 2. The minimum absolute atomic E-state index is 0.0568. The number of benzene rings is 2. The number of hydrogen-bond donors (Lipinski definition) is 2. The number of nitrogens with one attached hydrogen (secondary N) is 1. The number of phenols is 1. The van der Waals surface area contributed by atoms with Gasteiger partial charge in [0.15, 0.2) is 0 Å². The van der Waals surface area contributed by atoms with Crippen LogP contribution in [0.3, 0.4) is 0 Å². The van der Waals surface area contributed by atoms with Crippen LogP contribution in [0.15, 0.2) is 54.6 Å². The molecule has 0 aliphatic rings. The first-order valence-electron chi connectivity index (χ1n) is 7.40. The fourth-order valence-corrected chi connectivity index (χ4v) is 2.37. The highest BCUT2D eigenvalue weighted by Crippen LogP contribution is 2.33. The van der Waals surface area contributed by atoms with Gasteiger partial charge in [0.2, 0.25) is 0 Å². The molecule has 0 radical (unpaired) electrons. The van der Waals surface area contributed by atoms with Gasteiger partial charge in [0.1, 0.15) is 11.6 Å². The maximum Gasteiger partial charge on any atom is 0.115 e.